The van der Waals surface area contributed by atoms with Crippen LogP contribution in [0.5, 0.6) is 0 Å². The van der Waals surface area contributed by atoms with Gasteiger partial charge in [-0.3, -0.25) is 0 Å². The van der Waals surface area contributed by atoms with Crippen molar-refractivity contribution in [1.82, 2.24) is 19.5 Å². The molecule has 5 nitrogen and oxygen atoms in total. The molecule has 0 amide bonds. The molecule has 4 rings (SSSR count). The fraction of sp³-hybridized carbons (Fsp3) is 0.435. The lowest BCUT2D eigenvalue weighted by molar-refractivity contribution is -0.0443. The van der Waals surface area contributed by atoms with E-state index < -0.39 is 18.2 Å². The predicted octanol–water partition coefficient (Wildman–Crippen LogP) is 6.04. The molecule has 1 aromatic carbocycles. The van der Waals surface area contributed by atoms with Gasteiger partial charge in [-0.2, -0.15) is 0 Å². The van der Waals surface area contributed by atoms with Crippen LogP contribution in [0.1, 0.15) is 32.1 Å². The van der Waals surface area contributed by atoms with Crippen LogP contribution in [0.25, 0.3) is 22.6 Å². The van der Waals surface area contributed by atoms with E-state index in [2.05, 4.69) is 20.3 Å². The molecule has 1 aliphatic rings. The van der Waals surface area contributed by atoms with Crippen LogP contribution in [0, 0.1) is 11.7 Å². The van der Waals surface area contributed by atoms with E-state index >= 15 is 0 Å². The quantitative estimate of drug-likeness (QED) is 0.412. The van der Waals surface area contributed by atoms with Crippen LogP contribution in [0.3, 0.4) is 0 Å². The smallest absolute Gasteiger partial charge is 0.248 e. The zero-order valence-corrected chi connectivity index (χ0v) is 17.8. The van der Waals surface area contributed by atoms with E-state index in [4.69, 9.17) is 0 Å². The molecule has 1 saturated carbocycles. The first-order chi connectivity index (χ1) is 15.8. The molecule has 1 aliphatic carbocycles. The summed E-state index contributed by atoms with van der Waals surface area (Å²) in [6, 6.07) is 7.39. The van der Waals surface area contributed by atoms with Crippen molar-refractivity contribution in [3.8, 4) is 22.6 Å². The number of benzene rings is 1. The van der Waals surface area contributed by atoms with Gasteiger partial charge in [-0.1, -0.05) is 0 Å². The normalized spacial score (nSPS) is 16.3. The molecule has 10 heteroatoms. The molecule has 0 saturated heterocycles. The molecule has 0 aliphatic heterocycles. The number of rotatable bonds is 8. The van der Waals surface area contributed by atoms with Gasteiger partial charge in [0.2, 0.25) is 18.3 Å². The summed E-state index contributed by atoms with van der Waals surface area (Å²) in [5.41, 5.74) is 2.10. The van der Waals surface area contributed by atoms with Crippen LogP contribution in [0.15, 0.2) is 42.9 Å². The Morgan fingerprint density at radius 1 is 1.06 bits per heavy atom. The van der Waals surface area contributed by atoms with Gasteiger partial charge in [0.25, 0.3) is 0 Å². The molecule has 1 N–H and O–H groups in total. The van der Waals surface area contributed by atoms with Crippen molar-refractivity contribution in [3.63, 3.8) is 0 Å². The van der Waals surface area contributed by atoms with Crippen molar-refractivity contribution in [2.24, 2.45) is 5.92 Å². The molecular formula is C23H24F5N5. The summed E-state index contributed by atoms with van der Waals surface area (Å²) in [5.74, 6) is -2.56. The lowest BCUT2D eigenvalue weighted by Crippen LogP contribution is -2.28. The van der Waals surface area contributed by atoms with Crippen molar-refractivity contribution in [2.75, 3.05) is 11.9 Å². The summed E-state index contributed by atoms with van der Waals surface area (Å²) in [6.45, 7) is 0.499. The Hall–Kier alpha value is -3.04. The van der Waals surface area contributed by atoms with Gasteiger partial charge in [0, 0.05) is 44.1 Å². The summed E-state index contributed by atoms with van der Waals surface area (Å²) in [7, 11) is 0. The first kappa shape index (κ1) is 23.1. The topological polar surface area (TPSA) is 55.6 Å². The molecule has 33 heavy (non-hydrogen) atoms. The Kier molecular flexibility index (Phi) is 6.90. The van der Waals surface area contributed by atoms with E-state index in [1.165, 1.54) is 18.5 Å². The molecule has 0 radical (unpaired) electrons. The molecular weight excluding hydrogens is 441 g/mol. The summed E-state index contributed by atoms with van der Waals surface area (Å²) in [6.07, 6.45) is 0.792. The number of hydrogen-bond acceptors (Lipinski definition) is 4. The SMILES string of the molecule is Fc1ccc(-c2ncn(CCC(F)F)c2-c2ccnc(NCC3CCC(F)(F)CC3)n2)cc1. The molecule has 3 aromatic rings. The standard InChI is InChI=1S/C23H24F5N5/c24-17-3-1-16(2-4-17)20-21(33(14-31-20)12-8-19(25)26)18-7-11-29-22(32-18)30-13-15-5-9-23(27,28)10-6-15/h1-4,7,11,14-15,19H,5-6,8-10,12-13H2,(H,29,30,32). The largest absolute Gasteiger partial charge is 0.354 e. The zero-order valence-electron chi connectivity index (χ0n) is 17.8. The number of aromatic nitrogens is 4. The van der Waals surface area contributed by atoms with Crippen LogP contribution in [0.4, 0.5) is 27.9 Å². The van der Waals surface area contributed by atoms with Gasteiger partial charge in [0.15, 0.2) is 0 Å². The van der Waals surface area contributed by atoms with Gasteiger partial charge in [0.1, 0.15) is 5.82 Å². The summed E-state index contributed by atoms with van der Waals surface area (Å²) in [4.78, 5) is 13.1. The summed E-state index contributed by atoms with van der Waals surface area (Å²) in [5, 5.41) is 3.11. The maximum atomic E-state index is 13.4. The van der Waals surface area contributed by atoms with Gasteiger partial charge >= 0.3 is 0 Å². The third-order valence-electron chi connectivity index (χ3n) is 5.83. The third kappa shape index (κ3) is 5.85. The number of aryl methyl sites for hydroxylation is 1. The molecule has 2 aromatic heterocycles. The second-order valence-corrected chi connectivity index (χ2v) is 8.27. The fourth-order valence-corrected chi connectivity index (χ4v) is 3.99. The molecule has 1 fully saturated rings. The number of imidazole rings is 1. The highest BCUT2D eigenvalue weighted by atomic mass is 19.3. The highest BCUT2D eigenvalue weighted by molar-refractivity contribution is 5.77. The Morgan fingerprint density at radius 2 is 1.79 bits per heavy atom. The van der Waals surface area contributed by atoms with Crippen molar-refractivity contribution in [3.05, 3.63) is 48.7 Å². The predicted molar refractivity (Wildman–Crippen MR) is 115 cm³/mol. The average molecular weight is 465 g/mol. The summed E-state index contributed by atoms with van der Waals surface area (Å²) < 4.78 is 67.5. The number of alkyl halides is 4. The van der Waals surface area contributed by atoms with Crippen molar-refractivity contribution in [2.45, 2.75) is 51.0 Å². The van der Waals surface area contributed by atoms with Gasteiger partial charge in [-0.25, -0.2) is 36.9 Å². The van der Waals surface area contributed by atoms with Crippen LogP contribution >= 0.6 is 0 Å². The van der Waals surface area contributed by atoms with Gasteiger partial charge < -0.3 is 9.88 Å². The number of nitrogens with zero attached hydrogens (tertiary/aromatic N) is 4. The lowest BCUT2D eigenvalue weighted by atomic mass is 9.87. The van der Waals surface area contributed by atoms with Crippen molar-refractivity contribution < 1.29 is 22.0 Å². The Morgan fingerprint density at radius 3 is 2.48 bits per heavy atom. The molecule has 2 heterocycles. The molecule has 176 valence electrons. The number of nitrogens with one attached hydrogen (secondary N) is 1. The Labute approximate surface area is 188 Å². The van der Waals surface area contributed by atoms with Crippen LogP contribution in [0.2, 0.25) is 0 Å². The number of anilines is 1. The van der Waals surface area contributed by atoms with Crippen LogP contribution in [-0.4, -0.2) is 38.4 Å². The average Bonchev–Trinajstić information content (AvgIpc) is 3.22. The number of halogens is 5. The van der Waals surface area contributed by atoms with Crippen molar-refractivity contribution in [1.29, 1.82) is 0 Å². The molecule has 0 unspecified atom stereocenters. The van der Waals surface area contributed by atoms with Crippen LogP contribution in [-0.2, 0) is 6.54 Å². The van der Waals surface area contributed by atoms with E-state index in [0.717, 1.165) is 0 Å². The van der Waals surface area contributed by atoms with E-state index in [0.29, 0.717) is 48.0 Å². The molecule has 0 atom stereocenters. The highest BCUT2D eigenvalue weighted by Gasteiger charge is 2.34. The molecule has 0 spiro atoms. The van der Waals surface area contributed by atoms with Crippen molar-refractivity contribution >= 4 is 5.95 Å². The third-order valence-corrected chi connectivity index (χ3v) is 5.83. The number of hydrogen-bond donors (Lipinski definition) is 1. The van der Waals surface area contributed by atoms with Gasteiger partial charge in [0.05, 0.1) is 23.4 Å². The molecule has 0 bridgehead atoms. The minimum Gasteiger partial charge on any atom is -0.354 e. The highest BCUT2D eigenvalue weighted by Crippen LogP contribution is 2.36. The van der Waals surface area contributed by atoms with E-state index in [1.807, 2.05) is 0 Å². The van der Waals surface area contributed by atoms with E-state index in [9.17, 15) is 22.0 Å². The monoisotopic (exact) mass is 465 g/mol. The second kappa shape index (κ2) is 9.84. The van der Waals surface area contributed by atoms with E-state index in [1.54, 1.807) is 29.0 Å². The fourth-order valence-electron chi connectivity index (χ4n) is 3.99. The maximum Gasteiger partial charge on any atom is 0.248 e. The Bertz CT molecular complexity index is 1060. The minimum absolute atomic E-state index is 0.0320. The van der Waals surface area contributed by atoms with Crippen LogP contribution < -0.4 is 5.32 Å². The van der Waals surface area contributed by atoms with Gasteiger partial charge in [-0.15, -0.1) is 0 Å². The summed E-state index contributed by atoms with van der Waals surface area (Å²) >= 11 is 0. The minimum atomic E-state index is -2.58. The maximum absolute atomic E-state index is 13.4. The first-order valence-electron chi connectivity index (χ1n) is 10.8. The van der Waals surface area contributed by atoms with E-state index in [-0.39, 0.29) is 31.7 Å². The Balaban J connectivity index is 1.58. The zero-order chi connectivity index (χ0) is 23.4. The second-order valence-electron chi connectivity index (χ2n) is 8.27. The van der Waals surface area contributed by atoms with Gasteiger partial charge in [-0.05, 0) is 49.1 Å². The lowest BCUT2D eigenvalue weighted by Gasteiger charge is -2.28. The first-order valence-corrected chi connectivity index (χ1v) is 10.8.